The molecule has 3 N–H and O–H groups in total. The van der Waals surface area contributed by atoms with Crippen molar-refractivity contribution in [2.45, 2.75) is 19.8 Å². The van der Waals surface area contributed by atoms with Crippen molar-refractivity contribution in [1.82, 2.24) is 35.1 Å². The molecule has 5 rings (SSSR count). The van der Waals surface area contributed by atoms with E-state index in [0.29, 0.717) is 17.5 Å². The Labute approximate surface area is 177 Å². The summed E-state index contributed by atoms with van der Waals surface area (Å²) >= 11 is 0. The molecule has 8 nitrogen and oxygen atoms in total. The minimum Gasteiger partial charge on any atom is -0.345 e. The number of aromatic amines is 2. The van der Waals surface area contributed by atoms with Gasteiger partial charge in [0.1, 0.15) is 23.6 Å². The molecule has 0 amide bonds. The molecule has 4 heterocycles. The Hall–Kier alpha value is -4.14. The Kier molecular flexibility index (Phi) is 4.62. The van der Waals surface area contributed by atoms with Crippen LogP contribution in [0.15, 0.2) is 55.2 Å². The van der Waals surface area contributed by atoms with Crippen molar-refractivity contribution in [2.24, 2.45) is 0 Å². The third-order valence-corrected chi connectivity index (χ3v) is 5.04. The van der Waals surface area contributed by atoms with Crippen LogP contribution in [-0.2, 0) is 0 Å². The number of rotatable bonds is 5. The summed E-state index contributed by atoms with van der Waals surface area (Å²) in [6.45, 7) is 4.17. The van der Waals surface area contributed by atoms with Crippen molar-refractivity contribution in [2.75, 3.05) is 5.32 Å². The number of nitrogens with zero attached hydrogens (tertiary/aromatic N) is 5. The predicted octanol–water partition coefficient (Wildman–Crippen LogP) is 4.81. The van der Waals surface area contributed by atoms with E-state index in [1.165, 1.54) is 18.5 Å². The number of aromatic nitrogens is 7. The third kappa shape index (κ3) is 3.50. The number of hydrogen-bond donors (Lipinski definition) is 3. The maximum atomic E-state index is 13.3. The van der Waals surface area contributed by atoms with Crippen molar-refractivity contribution in [3.05, 3.63) is 66.6 Å². The first kappa shape index (κ1) is 18.9. The lowest BCUT2D eigenvalue weighted by molar-refractivity contribution is 0.628. The van der Waals surface area contributed by atoms with Crippen LogP contribution in [0.4, 0.5) is 15.9 Å². The first-order chi connectivity index (χ1) is 15.1. The number of pyridine rings is 1. The van der Waals surface area contributed by atoms with Gasteiger partial charge in [-0.2, -0.15) is 0 Å². The summed E-state index contributed by atoms with van der Waals surface area (Å²) in [6, 6.07) is 8.03. The highest BCUT2D eigenvalue weighted by Crippen LogP contribution is 2.34. The smallest absolute Gasteiger partial charge is 0.163 e. The van der Waals surface area contributed by atoms with Crippen molar-refractivity contribution in [3.63, 3.8) is 0 Å². The van der Waals surface area contributed by atoms with Gasteiger partial charge in [0.2, 0.25) is 0 Å². The summed E-state index contributed by atoms with van der Waals surface area (Å²) in [5, 5.41) is 12.3. The van der Waals surface area contributed by atoms with Crippen LogP contribution < -0.4 is 5.32 Å². The third-order valence-electron chi connectivity index (χ3n) is 5.04. The standard InChI is InChI=1S/C22H19FN8/c1-12(2)15-9-25-19(13-3-5-14(23)6-4-13)30-21(15)29-17-7-8-24-22-18(17)16(10-26-22)20-27-11-28-31-20/h3-12H,1-2H3,(H,27,28,31)(H2,24,25,26,29,30). The maximum absolute atomic E-state index is 13.3. The van der Waals surface area contributed by atoms with Gasteiger partial charge in [0, 0.05) is 35.3 Å². The average Bonchev–Trinajstić information content (AvgIpc) is 3.44. The van der Waals surface area contributed by atoms with E-state index in [4.69, 9.17) is 4.98 Å². The summed E-state index contributed by atoms with van der Waals surface area (Å²) in [5.41, 5.74) is 4.09. The number of anilines is 2. The van der Waals surface area contributed by atoms with Gasteiger partial charge >= 0.3 is 0 Å². The van der Waals surface area contributed by atoms with Crippen molar-refractivity contribution >= 4 is 22.5 Å². The Bertz CT molecular complexity index is 1340. The predicted molar refractivity (Wildman–Crippen MR) is 116 cm³/mol. The fourth-order valence-corrected chi connectivity index (χ4v) is 3.46. The van der Waals surface area contributed by atoms with Gasteiger partial charge in [-0.3, -0.25) is 0 Å². The highest BCUT2D eigenvalue weighted by Gasteiger charge is 2.17. The number of fused-ring (bicyclic) bond motifs is 1. The quantitative estimate of drug-likeness (QED) is 0.381. The molecule has 0 spiro atoms. The second-order valence-corrected chi connectivity index (χ2v) is 7.41. The van der Waals surface area contributed by atoms with E-state index >= 15 is 0 Å². The normalized spacial score (nSPS) is 11.4. The van der Waals surface area contributed by atoms with Crippen LogP contribution >= 0.6 is 0 Å². The van der Waals surface area contributed by atoms with Crippen molar-refractivity contribution < 1.29 is 4.39 Å². The van der Waals surface area contributed by atoms with Crippen molar-refractivity contribution in [3.8, 4) is 22.8 Å². The van der Waals surface area contributed by atoms with E-state index in [2.05, 4.69) is 49.3 Å². The molecule has 154 valence electrons. The number of nitrogens with one attached hydrogen (secondary N) is 3. The fraction of sp³-hybridized carbons (Fsp3) is 0.136. The van der Waals surface area contributed by atoms with Gasteiger partial charge in [-0.1, -0.05) is 13.8 Å². The molecular weight excluding hydrogens is 395 g/mol. The molecule has 0 aliphatic carbocycles. The van der Waals surface area contributed by atoms with Crippen LogP contribution in [0, 0.1) is 5.82 Å². The number of benzene rings is 1. The molecule has 0 aliphatic heterocycles. The van der Waals surface area contributed by atoms with Gasteiger partial charge in [-0.05, 0) is 36.2 Å². The van der Waals surface area contributed by atoms with Gasteiger partial charge in [-0.15, -0.1) is 10.2 Å². The Morgan fingerprint density at radius 1 is 1.03 bits per heavy atom. The lowest BCUT2D eigenvalue weighted by Gasteiger charge is -2.15. The summed E-state index contributed by atoms with van der Waals surface area (Å²) < 4.78 is 13.3. The lowest BCUT2D eigenvalue weighted by atomic mass is 10.1. The minimum atomic E-state index is -0.299. The number of hydrogen-bond acceptors (Lipinski definition) is 6. The SMILES string of the molecule is CC(C)c1cnc(-c2ccc(F)cc2)nc1Nc1ccnc2[nH]cc(-c3nnc[nH]3)c12. The Balaban J connectivity index is 1.62. The van der Waals surface area contributed by atoms with Crippen LogP contribution in [0.2, 0.25) is 0 Å². The maximum Gasteiger partial charge on any atom is 0.163 e. The zero-order valence-corrected chi connectivity index (χ0v) is 16.9. The van der Waals surface area contributed by atoms with E-state index in [-0.39, 0.29) is 11.7 Å². The molecule has 0 aliphatic rings. The molecule has 1 aromatic carbocycles. The topological polar surface area (TPSA) is 108 Å². The first-order valence-electron chi connectivity index (χ1n) is 9.82. The summed E-state index contributed by atoms with van der Waals surface area (Å²) in [5.74, 6) is 1.74. The van der Waals surface area contributed by atoms with Gasteiger partial charge in [0.15, 0.2) is 11.6 Å². The first-order valence-corrected chi connectivity index (χ1v) is 9.82. The molecule has 5 aromatic rings. The highest BCUT2D eigenvalue weighted by molar-refractivity contribution is 6.02. The summed E-state index contributed by atoms with van der Waals surface area (Å²) in [6.07, 6.45) is 6.92. The van der Waals surface area contributed by atoms with E-state index in [9.17, 15) is 4.39 Å². The molecule has 0 unspecified atom stereocenters. The molecule has 9 heteroatoms. The molecule has 4 aromatic heterocycles. The van der Waals surface area contributed by atoms with Crippen LogP contribution in [0.3, 0.4) is 0 Å². The zero-order chi connectivity index (χ0) is 21.4. The molecule has 0 bridgehead atoms. The van der Waals surface area contributed by atoms with E-state index < -0.39 is 0 Å². The largest absolute Gasteiger partial charge is 0.345 e. The molecule has 0 fully saturated rings. The van der Waals surface area contributed by atoms with E-state index in [1.807, 2.05) is 18.5 Å². The summed E-state index contributed by atoms with van der Waals surface area (Å²) in [4.78, 5) is 19.9. The monoisotopic (exact) mass is 414 g/mol. The second kappa shape index (κ2) is 7.60. The van der Waals surface area contributed by atoms with E-state index in [0.717, 1.165) is 33.4 Å². The number of halogens is 1. The van der Waals surface area contributed by atoms with Gasteiger partial charge < -0.3 is 15.3 Å². The van der Waals surface area contributed by atoms with Crippen LogP contribution in [-0.4, -0.2) is 35.1 Å². The van der Waals surface area contributed by atoms with E-state index in [1.54, 1.807) is 18.3 Å². The lowest BCUT2D eigenvalue weighted by Crippen LogP contribution is -2.04. The van der Waals surface area contributed by atoms with Crippen LogP contribution in [0.5, 0.6) is 0 Å². The van der Waals surface area contributed by atoms with Gasteiger partial charge in [-0.25, -0.2) is 19.3 Å². The summed E-state index contributed by atoms with van der Waals surface area (Å²) in [7, 11) is 0. The Morgan fingerprint density at radius 2 is 1.87 bits per heavy atom. The highest BCUT2D eigenvalue weighted by atomic mass is 19.1. The molecule has 0 radical (unpaired) electrons. The molecule has 31 heavy (non-hydrogen) atoms. The molecule has 0 atom stereocenters. The fourth-order valence-electron chi connectivity index (χ4n) is 3.46. The van der Waals surface area contributed by atoms with Crippen molar-refractivity contribution in [1.29, 1.82) is 0 Å². The van der Waals surface area contributed by atoms with Gasteiger partial charge in [0.05, 0.1) is 11.1 Å². The zero-order valence-electron chi connectivity index (χ0n) is 16.9. The minimum absolute atomic E-state index is 0.196. The second-order valence-electron chi connectivity index (χ2n) is 7.41. The van der Waals surface area contributed by atoms with Crippen LogP contribution in [0.1, 0.15) is 25.3 Å². The number of H-pyrrole nitrogens is 2. The van der Waals surface area contributed by atoms with Crippen LogP contribution in [0.25, 0.3) is 33.8 Å². The molecular formula is C22H19FN8. The average molecular weight is 414 g/mol. The van der Waals surface area contributed by atoms with Gasteiger partial charge in [0.25, 0.3) is 0 Å². The molecule has 0 saturated heterocycles. The molecule has 0 saturated carbocycles. The Morgan fingerprint density at radius 3 is 2.61 bits per heavy atom.